The van der Waals surface area contributed by atoms with Gasteiger partial charge in [-0.3, -0.25) is 0 Å². The van der Waals surface area contributed by atoms with Gasteiger partial charge in [0.2, 0.25) is 0 Å². The maximum absolute atomic E-state index is 11.5. The highest BCUT2D eigenvalue weighted by Crippen LogP contribution is 2.53. The molecule has 3 nitrogen and oxygen atoms in total. The quantitative estimate of drug-likeness (QED) is 0.403. The van der Waals surface area contributed by atoms with Crippen LogP contribution in [0.5, 0.6) is 0 Å². The van der Waals surface area contributed by atoms with Crippen LogP contribution in [-0.4, -0.2) is 24.3 Å². The maximum Gasteiger partial charge on any atom is 0.287 e. The third-order valence-corrected chi connectivity index (χ3v) is 4.82. The van der Waals surface area contributed by atoms with E-state index in [1.54, 1.807) is 0 Å². The van der Waals surface area contributed by atoms with Crippen molar-refractivity contribution >= 4 is 13.8 Å². The molecule has 1 rings (SSSR count). The van der Waals surface area contributed by atoms with Gasteiger partial charge in [-0.1, -0.05) is 39.9 Å². The van der Waals surface area contributed by atoms with E-state index >= 15 is 0 Å². The summed E-state index contributed by atoms with van der Waals surface area (Å²) in [5, 5.41) is 8.77. The van der Waals surface area contributed by atoms with Crippen LogP contribution < -0.4 is 5.73 Å². The summed E-state index contributed by atoms with van der Waals surface area (Å²) in [6.07, 6.45) is 7.65. The van der Waals surface area contributed by atoms with Crippen molar-refractivity contribution in [3.05, 3.63) is 0 Å². The Balaban J connectivity index is 2.77. The van der Waals surface area contributed by atoms with Crippen LogP contribution in [0.25, 0.3) is 0 Å². The van der Waals surface area contributed by atoms with Crippen molar-refractivity contribution in [2.45, 2.75) is 71.2 Å². The fraction of sp³-hybridized carbons (Fsp3) is 0.933. The van der Waals surface area contributed by atoms with Crippen molar-refractivity contribution in [3.63, 3.8) is 0 Å². The fourth-order valence-electron chi connectivity index (χ4n) is 3.98. The van der Waals surface area contributed by atoms with E-state index in [9.17, 15) is 4.79 Å². The molecule has 0 aromatic carbocycles. The number of carbonyl (C=O) groups is 1. The zero-order chi connectivity index (χ0) is 14.5. The van der Waals surface area contributed by atoms with Gasteiger partial charge < -0.3 is 15.6 Å². The standard InChI is InChI=1S/C15H29BNO2/c1-4-14(8-12(2)3)9-13(6-5-7-16-19)15(17,10-14)11-18/h11-13,19H,4-10,17H2,1-3H3. The van der Waals surface area contributed by atoms with Gasteiger partial charge >= 0.3 is 0 Å². The SMILES string of the molecule is CCC1(CC(C)C)CC(CCC[B]O)C(N)(C=O)C1. The second-order valence-corrected chi connectivity index (χ2v) is 6.87. The van der Waals surface area contributed by atoms with E-state index in [2.05, 4.69) is 20.8 Å². The molecule has 1 fully saturated rings. The van der Waals surface area contributed by atoms with Crippen LogP contribution in [0.1, 0.15) is 59.3 Å². The molecular formula is C15H29BNO2. The van der Waals surface area contributed by atoms with Gasteiger partial charge in [0.15, 0.2) is 0 Å². The molecular weight excluding hydrogens is 237 g/mol. The zero-order valence-corrected chi connectivity index (χ0v) is 12.7. The Morgan fingerprint density at radius 1 is 1.53 bits per heavy atom. The van der Waals surface area contributed by atoms with Crippen LogP contribution in [-0.2, 0) is 4.79 Å². The second kappa shape index (κ2) is 6.89. The van der Waals surface area contributed by atoms with Crippen LogP contribution in [0.4, 0.5) is 0 Å². The van der Waals surface area contributed by atoms with Crippen LogP contribution >= 0.6 is 0 Å². The molecule has 0 spiro atoms. The van der Waals surface area contributed by atoms with Crippen LogP contribution in [0.15, 0.2) is 0 Å². The molecule has 109 valence electrons. The van der Waals surface area contributed by atoms with Crippen molar-refractivity contribution in [2.75, 3.05) is 0 Å². The summed E-state index contributed by atoms with van der Waals surface area (Å²) in [5.74, 6) is 0.907. The molecule has 3 unspecified atom stereocenters. The minimum Gasteiger partial charge on any atom is -0.454 e. The molecule has 4 heteroatoms. The highest BCUT2D eigenvalue weighted by atomic mass is 16.2. The van der Waals surface area contributed by atoms with Gasteiger partial charge in [0, 0.05) is 0 Å². The first-order valence-corrected chi connectivity index (χ1v) is 7.62. The van der Waals surface area contributed by atoms with Crippen LogP contribution in [0, 0.1) is 17.3 Å². The third-order valence-electron chi connectivity index (χ3n) is 4.82. The van der Waals surface area contributed by atoms with E-state index in [-0.39, 0.29) is 11.3 Å². The Kier molecular flexibility index (Phi) is 6.06. The van der Waals surface area contributed by atoms with Gasteiger partial charge in [0.25, 0.3) is 7.48 Å². The number of rotatable bonds is 8. The summed E-state index contributed by atoms with van der Waals surface area (Å²) in [6.45, 7) is 6.70. The van der Waals surface area contributed by atoms with Crippen molar-refractivity contribution in [3.8, 4) is 0 Å². The zero-order valence-electron chi connectivity index (χ0n) is 12.7. The Morgan fingerprint density at radius 2 is 2.21 bits per heavy atom. The Bertz CT molecular complexity index is 298. The summed E-state index contributed by atoms with van der Waals surface area (Å²) in [7, 11) is 1.20. The fourth-order valence-corrected chi connectivity index (χ4v) is 3.98. The number of aldehydes is 1. The highest BCUT2D eigenvalue weighted by Gasteiger charge is 2.51. The second-order valence-electron chi connectivity index (χ2n) is 6.87. The summed E-state index contributed by atoms with van der Waals surface area (Å²) < 4.78 is 0. The summed E-state index contributed by atoms with van der Waals surface area (Å²) in [5.41, 5.74) is 5.95. The van der Waals surface area contributed by atoms with Crippen LogP contribution in [0.2, 0.25) is 6.32 Å². The topological polar surface area (TPSA) is 63.3 Å². The van der Waals surface area contributed by atoms with Gasteiger partial charge in [0.1, 0.15) is 6.29 Å². The molecule has 1 aliphatic carbocycles. The van der Waals surface area contributed by atoms with Gasteiger partial charge in [0.05, 0.1) is 5.54 Å². The normalized spacial score (nSPS) is 34.7. The molecule has 0 saturated heterocycles. The van der Waals surface area contributed by atoms with E-state index < -0.39 is 5.54 Å². The van der Waals surface area contributed by atoms with Crippen molar-refractivity contribution in [1.82, 2.24) is 0 Å². The Morgan fingerprint density at radius 3 is 2.68 bits per heavy atom. The number of hydrogen-bond donors (Lipinski definition) is 2. The van der Waals surface area contributed by atoms with Crippen molar-refractivity contribution < 1.29 is 9.82 Å². The molecule has 0 heterocycles. The number of hydrogen-bond acceptors (Lipinski definition) is 3. The molecule has 1 aliphatic rings. The van der Waals surface area contributed by atoms with Gasteiger partial charge in [-0.15, -0.1) is 0 Å². The van der Waals surface area contributed by atoms with Crippen LogP contribution in [0.3, 0.4) is 0 Å². The molecule has 0 aromatic rings. The van der Waals surface area contributed by atoms with E-state index in [4.69, 9.17) is 10.8 Å². The average molecular weight is 266 g/mol. The molecule has 3 N–H and O–H groups in total. The van der Waals surface area contributed by atoms with Gasteiger partial charge in [-0.25, -0.2) is 0 Å². The predicted octanol–water partition coefficient (Wildman–Crippen LogP) is 2.55. The van der Waals surface area contributed by atoms with Crippen molar-refractivity contribution in [2.24, 2.45) is 23.0 Å². The van der Waals surface area contributed by atoms with Crippen molar-refractivity contribution in [1.29, 1.82) is 0 Å². The highest BCUT2D eigenvalue weighted by molar-refractivity contribution is 6.25. The molecule has 0 aromatic heterocycles. The summed E-state index contributed by atoms with van der Waals surface area (Å²) >= 11 is 0. The first-order chi connectivity index (χ1) is 8.91. The van der Waals surface area contributed by atoms with E-state index in [1.807, 2.05) is 0 Å². The molecule has 0 aliphatic heterocycles. The van der Waals surface area contributed by atoms with Gasteiger partial charge in [-0.05, 0) is 42.9 Å². The summed E-state index contributed by atoms with van der Waals surface area (Å²) in [4.78, 5) is 11.5. The molecule has 1 radical (unpaired) electrons. The maximum atomic E-state index is 11.5. The Labute approximate surface area is 118 Å². The molecule has 19 heavy (non-hydrogen) atoms. The lowest BCUT2D eigenvalue weighted by molar-refractivity contribution is -0.113. The van der Waals surface area contributed by atoms with Gasteiger partial charge in [-0.2, -0.15) is 0 Å². The van der Waals surface area contributed by atoms with E-state index in [0.717, 1.165) is 44.8 Å². The molecule has 3 atom stereocenters. The third kappa shape index (κ3) is 4.06. The average Bonchev–Trinajstić information content (AvgIpc) is 2.63. The largest absolute Gasteiger partial charge is 0.454 e. The smallest absolute Gasteiger partial charge is 0.287 e. The number of carbonyl (C=O) groups excluding carboxylic acids is 1. The monoisotopic (exact) mass is 266 g/mol. The lowest BCUT2D eigenvalue weighted by atomic mass is 9.75. The minimum atomic E-state index is -0.652. The minimum absolute atomic E-state index is 0.234. The Hall–Kier alpha value is -0.345. The lowest BCUT2D eigenvalue weighted by Crippen LogP contribution is -2.45. The molecule has 1 saturated carbocycles. The predicted molar refractivity (Wildman–Crippen MR) is 79.9 cm³/mol. The first kappa shape index (κ1) is 16.7. The molecule has 0 amide bonds. The molecule has 0 bridgehead atoms. The lowest BCUT2D eigenvalue weighted by Gasteiger charge is -2.31. The van der Waals surface area contributed by atoms with E-state index in [0.29, 0.717) is 12.2 Å². The summed E-state index contributed by atoms with van der Waals surface area (Å²) in [6, 6.07) is 0. The first-order valence-electron chi connectivity index (χ1n) is 7.62. The number of nitrogens with two attached hydrogens (primary N) is 1. The van der Waals surface area contributed by atoms with E-state index in [1.165, 1.54) is 7.48 Å².